The summed E-state index contributed by atoms with van der Waals surface area (Å²) < 4.78 is 4.87. The number of phenolic OH excluding ortho intramolecular Hbond substituents is 1. The van der Waals surface area contributed by atoms with Gasteiger partial charge in [-0.05, 0) is 13.0 Å². The molecule has 0 amide bonds. The lowest BCUT2D eigenvalue weighted by Crippen LogP contribution is -2.26. The number of carbonyl (C=O) groups is 1. The standard InChI is InChI=1S/C10H12ClNO3/c1-5(12)10(14)6-3-9(15-2)8(13)4-7(6)11/h3-5,13H,12H2,1-2H3. The third kappa shape index (κ3) is 2.40. The normalized spacial score (nSPS) is 12.3. The van der Waals surface area contributed by atoms with Crippen molar-refractivity contribution in [1.29, 1.82) is 0 Å². The summed E-state index contributed by atoms with van der Waals surface area (Å²) in [7, 11) is 1.39. The molecule has 0 aliphatic rings. The molecule has 0 aliphatic carbocycles. The van der Waals surface area contributed by atoms with Crippen molar-refractivity contribution < 1.29 is 14.6 Å². The van der Waals surface area contributed by atoms with Crippen LogP contribution in [-0.2, 0) is 0 Å². The van der Waals surface area contributed by atoms with E-state index < -0.39 is 6.04 Å². The van der Waals surface area contributed by atoms with Crippen molar-refractivity contribution in [2.75, 3.05) is 7.11 Å². The van der Waals surface area contributed by atoms with Crippen molar-refractivity contribution in [3.8, 4) is 11.5 Å². The number of hydrogen-bond donors (Lipinski definition) is 2. The number of hydrogen-bond acceptors (Lipinski definition) is 4. The maximum Gasteiger partial charge on any atom is 0.180 e. The number of Topliss-reactive ketones (excluding diaryl/α,β-unsaturated/α-hetero) is 1. The number of nitrogens with two attached hydrogens (primary N) is 1. The SMILES string of the molecule is COc1cc(C(=O)C(C)N)c(Cl)cc1O. The van der Waals surface area contributed by atoms with Gasteiger partial charge >= 0.3 is 0 Å². The minimum Gasteiger partial charge on any atom is -0.504 e. The number of aromatic hydroxyl groups is 1. The van der Waals surface area contributed by atoms with E-state index in [1.807, 2.05) is 0 Å². The van der Waals surface area contributed by atoms with Gasteiger partial charge in [-0.1, -0.05) is 11.6 Å². The van der Waals surface area contributed by atoms with Crippen molar-refractivity contribution in [3.63, 3.8) is 0 Å². The number of halogens is 1. The van der Waals surface area contributed by atoms with Crippen molar-refractivity contribution in [2.24, 2.45) is 5.73 Å². The van der Waals surface area contributed by atoms with Crippen LogP contribution in [0.2, 0.25) is 5.02 Å². The predicted molar refractivity (Wildman–Crippen MR) is 57.6 cm³/mol. The molecule has 0 saturated carbocycles. The molecule has 1 unspecified atom stereocenters. The van der Waals surface area contributed by atoms with Gasteiger partial charge in [0.15, 0.2) is 17.3 Å². The smallest absolute Gasteiger partial charge is 0.180 e. The molecule has 3 N–H and O–H groups in total. The second-order valence-corrected chi connectivity index (χ2v) is 3.56. The molecule has 0 fully saturated rings. The number of methoxy groups -OCH3 is 1. The molecule has 0 spiro atoms. The van der Waals surface area contributed by atoms with Crippen molar-refractivity contribution in [3.05, 3.63) is 22.7 Å². The Hall–Kier alpha value is -1.26. The summed E-state index contributed by atoms with van der Waals surface area (Å²) in [4.78, 5) is 11.6. The van der Waals surface area contributed by atoms with E-state index in [0.29, 0.717) is 0 Å². The highest BCUT2D eigenvalue weighted by molar-refractivity contribution is 6.34. The average molecular weight is 230 g/mol. The van der Waals surface area contributed by atoms with Crippen LogP contribution in [0, 0.1) is 0 Å². The van der Waals surface area contributed by atoms with Crippen LogP contribution < -0.4 is 10.5 Å². The topological polar surface area (TPSA) is 72.5 Å². The summed E-state index contributed by atoms with van der Waals surface area (Å²) in [5.74, 6) is -0.203. The highest BCUT2D eigenvalue weighted by atomic mass is 35.5. The average Bonchev–Trinajstić information content (AvgIpc) is 2.17. The van der Waals surface area contributed by atoms with E-state index in [2.05, 4.69) is 0 Å². The summed E-state index contributed by atoms with van der Waals surface area (Å²) in [6, 6.07) is 2.00. The van der Waals surface area contributed by atoms with Crippen molar-refractivity contribution >= 4 is 17.4 Å². The van der Waals surface area contributed by atoms with Gasteiger partial charge in [-0.3, -0.25) is 4.79 Å². The number of benzene rings is 1. The highest BCUT2D eigenvalue weighted by Gasteiger charge is 2.17. The first-order chi connectivity index (χ1) is 6.97. The molecule has 0 bridgehead atoms. The van der Waals surface area contributed by atoms with Crippen LogP contribution in [0.3, 0.4) is 0 Å². The van der Waals surface area contributed by atoms with E-state index in [0.717, 1.165) is 0 Å². The first-order valence-corrected chi connectivity index (χ1v) is 4.71. The molecule has 0 heterocycles. The van der Waals surface area contributed by atoms with Crippen LogP contribution in [0.4, 0.5) is 0 Å². The molecule has 1 atom stereocenters. The van der Waals surface area contributed by atoms with Gasteiger partial charge < -0.3 is 15.6 Å². The number of phenols is 1. The summed E-state index contributed by atoms with van der Waals surface area (Å²) in [5, 5.41) is 9.55. The Morgan fingerprint density at radius 1 is 1.60 bits per heavy atom. The van der Waals surface area contributed by atoms with E-state index in [-0.39, 0.29) is 27.9 Å². The number of ether oxygens (including phenoxy) is 1. The van der Waals surface area contributed by atoms with E-state index in [1.165, 1.54) is 19.2 Å². The predicted octanol–water partition coefficient (Wildman–Crippen LogP) is 1.58. The summed E-state index contributed by atoms with van der Waals surface area (Å²) in [6.07, 6.45) is 0. The lowest BCUT2D eigenvalue weighted by molar-refractivity contribution is 0.0967. The van der Waals surface area contributed by atoms with E-state index in [1.54, 1.807) is 6.92 Å². The minimum absolute atomic E-state index is 0.108. The highest BCUT2D eigenvalue weighted by Crippen LogP contribution is 2.32. The number of carbonyl (C=O) groups excluding carboxylic acids is 1. The summed E-state index contributed by atoms with van der Waals surface area (Å²) in [6.45, 7) is 1.57. The molecule has 0 aromatic heterocycles. The molecule has 1 aromatic carbocycles. The van der Waals surface area contributed by atoms with Gasteiger partial charge in [0.05, 0.1) is 18.2 Å². The third-order valence-corrected chi connectivity index (χ3v) is 2.26. The molecule has 0 radical (unpaired) electrons. The Balaban J connectivity index is 3.24. The maximum atomic E-state index is 11.6. The first kappa shape index (κ1) is 11.8. The van der Waals surface area contributed by atoms with Gasteiger partial charge in [0.1, 0.15) is 0 Å². The molecule has 4 nitrogen and oxygen atoms in total. The van der Waals surface area contributed by atoms with Gasteiger partial charge in [-0.2, -0.15) is 0 Å². The van der Waals surface area contributed by atoms with Gasteiger partial charge in [-0.15, -0.1) is 0 Å². The van der Waals surface area contributed by atoms with Crippen LogP contribution in [-0.4, -0.2) is 24.0 Å². The zero-order valence-corrected chi connectivity index (χ0v) is 9.21. The Morgan fingerprint density at radius 3 is 2.67 bits per heavy atom. The fourth-order valence-corrected chi connectivity index (χ4v) is 1.39. The fourth-order valence-electron chi connectivity index (χ4n) is 1.14. The summed E-state index contributed by atoms with van der Waals surface area (Å²) >= 11 is 5.81. The Kier molecular flexibility index (Phi) is 3.55. The van der Waals surface area contributed by atoms with Crippen LogP contribution in [0.1, 0.15) is 17.3 Å². The Labute approximate surface area is 92.6 Å². The lowest BCUT2D eigenvalue weighted by atomic mass is 10.1. The molecule has 0 saturated heterocycles. The van der Waals surface area contributed by atoms with Gasteiger partial charge in [0.25, 0.3) is 0 Å². The molecule has 0 aliphatic heterocycles. The second kappa shape index (κ2) is 4.51. The number of ketones is 1. The molecule has 1 rings (SSSR count). The van der Waals surface area contributed by atoms with Crippen LogP contribution in [0.25, 0.3) is 0 Å². The van der Waals surface area contributed by atoms with E-state index in [4.69, 9.17) is 22.1 Å². The second-order valence-electron chi connectivity index (χ2n) is 3.16. The summed E-state index contributed by atoms with van der Waals surface area (Å²) in [5.41, 5.74) is 5.71. The molecule has 82 valence electrons. The number of rotatable bonds is 3. The molecular weight excluding hydrogens is 218 g/mol. The Bertz CT molecular complexity index is 390. The molecule has 1 aromatic rings. The lowest BCUT2D eigenvalue weighted by Gasteiger charge is -2.09. The first-order valence-electron chi connectivity index (χ1n) is 4.33. The quantitative estimate of drug-likeness (QED) is 0.772. The van der Waals surface area contributed by atoms with E-state index in [9.17, 15) is 9.90 Å². The Morgan fingerprint density at radius 2 is 2.20 bits per heavy atom. The zero-order valence-electron chi connectivity index (χ0n) is 8.45. The minimum atomic E-state index is -0.642. The van der Waals surface area contributed by atoms with Crippen molar-refractivity contribution in [2.45, 2.75) is 13.0 Å². The van der Waals surface area contributed by atoms with Gasteiger partial charge in [-0.25, -0.2) is 0 Å². The van der Waals surface area contributed by atoms with Crippen LogP contribution >= 0.6 is 11.6 Å². The monoisotopic (exact) mass is 229 g/mol. The van der Waals surface area contributed by atoms with Crippen molar-refractivity contribution in [1.82, 2.24) is 0 Å². The van der Waals surface area contributed by atoms with Gasteiger partial charge in [0, 0.05) is 11.6 Å². The van der Waals surface area contributed by atoms with Crippen LogP contribution in [0.5, 0.6) is 11.5 Å². The molecule has 5 heteroatoms. The largest absolute Gasteiger partial charge is 0.504 e. The zero-order chi connectivity index (χ0) is 11.6. The van der Waals surface area contributed by atoms with Crippen LogP contribution in [0.15, 0.2) is 12.1 Å². The molecule has 15 heavy (non-hydrogen) atoms. The fraction of sp³-hybridized carbons (Fsp3) is 0.300. The maximum absolute atomic E-state index is 11.6. The third-order valence-electron chi connectivity index (χ3n) is 1.95. The van der Waals surface area contributed by atoms with E-state index >= 15 is 0 Å². The molecular formula is C10H12ClNO3. The van der Waals surface area contributed by atoms with Gasteiger partial charge in [0.2, 0.25) is 0 Å².